The van der Waals surface area contributed by atoms with Gasteiger partial charge in [-0.2, -0.15) is 0 Å². The second-order valence-electron chi connectivity index (χ2n) is 4.78. The van der Waals surface area contributed by atoms with Crippen LogP contribution in [0, 0.1) is 6.92 Å². The Hall–Kier alpha value is -2.60. The molecule has 6 heteroatoms. The highest BCUT2D eigenvalue weighted by Gasteiger charge is 2.12. The molecule has 3 rings (SSSR count). The van der Waals surface area contributed by atoms with Crippen LogP contribution in [0.5, 0.6) is 5.88 Å². The number of ether oxygens (including phenoxy) is 1. The number of hydrogen-bond acceptors (Lipinski definition) is 6. The molecular weight excluding hydrogens is 284 g/mol. The third-order valence-electron chi connectivity index (χ3n) is 3.20. The largest absolute Gasteiger partial charge is 0.475 e. The summed E-state index contributed by atoms with van der Waals surface area (Å²) in [5.74, 6) is 2.11. The second-order valence-corrected chi connectivity index (χ2v) is 4.78. The van der Waals surface area contributed by atoms with Crippen molar-refractivity contribution in [3.63, 3.8) is 0 Å². The van der Waals surface area contributed by atoms with E-state index in [1.165, 1.54) is 0 Å². The van der Waals surface area contributed by atoms with Gasteiger partial charge in [-0.3, -0.25) is 0 Å². The normalized spacial score (nSPS) is 10.8. The molecule has 2 aromatic heterocycles. The summed E-state index contributed by atoms with van der Waals surface area (Å²) in [6.45, 7) is 2.09. The molecule has 0 saturated carbocycles. The van der Waals surface area contributed by atoms with E-state index in [1.54, 1.807) is 6.07 Å². The zero-order valence-corrected chi connectivity index (χ0v) is 12.2. The predicted octanol–water partition coefficient (Wildman–Crippen LogP) is 2.75. The number of aliphatic hydroxyl groups is 1. The van der Waals surface area contributed by atoms with Gasteiger partial charge in [-0.25, -0.2) is 4.98 Å². The number of oxazole rings is 1. The van der Waals surface area contributed by atoms with Crippen LogP contribution in [0.2, 0.25) is 0 Å². The summed E-state index contributed by atoms with van der Waals surface area (Å²) in [5, 5.41) is 12.6. The smallest absolute Gasteiger partial charge is 0.254 e. The van der Waals surface area contributed by atoms with E-state index in [9.17, 15) is 0 Å². The van der Waals surface area contributed by atoms with E-state index in [0.717, 1.165) is 17.0 Å². The molecule has 1 N–H and O–H groups in total. The van der Waals surface area contributed by atoms with Crippen molar-refractivity contribution >= 4 is 0 Å². The van der Waals surface area contributed by atoms with Crippen molar-refractivity contribution in [1.82, 2.24) is 10.1 Å². The van der Waals surface area contributed by atoms with Crippen LogP contribution in [0.15, 0.2) is 45.3 Å². The Bertz CT molecular complexity index is 734. The number of aliphatic hydroxyl groups excluding tert-OH is 1. The Morgan fingerprint density at radius 2 is 2.05 bits per heavy atom. The molecule has 0 spiro atoms. The van der Waals surface area contributed by atoms with Gasteiger partial charge in [0.25, 0.3) is 5.88 Å². The minimum atomic E-state index is -0.195. The van der Waals surface area contributed by atoms with Crippen molar-refractivity contribution in [2.45, 2.75) is 20.0 Å². The predicted molar refractivity (Wildman–Crippen MR) is 78.3 cm³/mol. The summed E-state index contributed by atoms with van der Waals surface area (Å²) in [6.07, 6.45) is 0.601. The third-order valence-corrected chi connectivity index (χ3v) is 3.20. The average Bonchev–Trinajstić information content (AvgIpc) is 3.15. The SMILES string of the molecule is Cc1oc(-c2ccccc2)nc1CCOc1cc(CO)on1. The van der Waals surface area contributed by atoms with Gasteiger partial charge >= 0.3 is 0 Å². The van der Waals surface area contributed by atoms with Crippen molar-refractivity contribution in [2.75, 3.05) is 6.61 Å². The van der Waals surface area contributed by atoms with E-state index >= 15 is 0 Å². The van der Waals surface area contributed by atoms with Gasteiger partial charge in [0.1, 0.15) is 12.4 Å². The maximum Gasteiger partial charge on any atom is 0.254 e. The summed E-state index contributed by atoms with van der Waals surface area (Å²) in [4.78, 5) is 4.50. The molecule has 0 amide bonds. The van der Waals surface area contributed by atoms with Gasteiger partial charge in [-0.1, -0.05) is 18.2 Å². The maximum atomic E-state index is 8.89. The molecule has 0 bridgehead atoms. The fourth-order valence-corrected chi connectivity index (χ4v) is 2.05. The number of benzene rings is 1. The van der Waals surface area contributed by atoms with Crippen LogP contribution in [0.3, 0.4) is 0 Å². The third kappa shape index (κ3) is 3.17. The quantitative estimate of drug-likeness (QED) is 0.754. The van der Waals surface area contributed by atoms with E-state index in [0.29, 0.717) is 30.6 Å². The summed E-state index contributed by atoms with van der Waals surface area (Å²) >= 11 is 0. The molecule has 22 heavy (non-hydrogen) atoms. The van der Waals surface area contributed by atoms with E-state index < -0.39 is 0 Å². The average molecular weight is 300 g/mol. The molecule has 0 unspecified atom stereocenters. The molecule has 6 nitrogen and oxygen atoms in total. The Morgan fingerprint density at radius 1 is 1.23 bits per heavy atom. The van der Waals surface area contributed by atoms with E-state index in [-0.39, 0.29) is 6.61 Å². The minimum absolute atomic E-state index is 0.195. The van der Waals surface area contributed by atoms with Gasteiger partial charge in [0.15, 0.2) is 5.76 Å². The van der Waals surface area contributed by atoms with Crippen LogP contribution in [0.4, 0.5) is 0 Å². The van der Waals surface area contributed by atoms with Crippen LogP contribution in [0.25, 0.3) is 11.5 Å². The molecule has 2 heterocycles. The van der Waals surface area contributed by atoms with Crippen LogP contribution in [-0.2, 0) is 13.0 Å². The zero-order valence-electron chi connectivity index (χ0n) is 12.2. The Labute approximate surface area is 127 Å². The first-order valence-electron chi connectivity index (χ1n) is 6.97. The number of rotatable bonds is 6. The molecule has 0 aliphatic carbocycles. The first-order chi connectivity index (χ1) is 10.8. The molecule has 0 fully saturated rings. The molecule has 0 radical (unpaired) electrons. The van der Waals surface area contributed by atoms with Crippen LogP contribution >= 0.6 is 0 Å². The topological polar surface area (TPSA) is 81.5 Å². The Kier molecular flexibility index (Phi) is 4.20. The lowest BCUT2D eigenvalue weighted by Gasteiger charge is -1.99. The van der Waals surface area contributed by atoms with E-state index in [4.69, 9.17) is 18.8 Å². The van der Waals surface area contributed by atoms with E-state index in [2.05, 4.69) is 10.1 Å². The highest BCUT2D eigenvalue weighted by atomic mass is 16.5. The fraction of sp³-hybridized carbons (Fsp3) is 0.250. The van der Waals surface area contributed by atoms with Gasteiger partial charge in [-0.15, -0.1) is 0 Å². The van der Waals surface area contributed by atoms with Crippen LogP contribution in [0.1, 0.15) is 17.2 Å². The van der Waals surface area contributed by atoms with Gasteiger partial charge in [0.05, 0.1) is 12.3 Å². The number of aryl methyl sites for hydroxylation is 1. The highest BCUT2D eigenvalue weighted by Crippen LogP contribution is 2.21. The fourth-order valence-electron chi connectivity index (χ4n) is 2.05. The molecule has 0 saturated heterocycles. The lowest BCUT2D eigenvalue weighted by molar-refractivity contribution is 0.222. The minimum Gasteiger partial charge on any atom is -0.475 e. The lowest BCUT2D eigenvalue weighted by atomic mass is 10.2. The molecule has 0 atom stereocenters. The molecule has 0 aliphatic heterocycles. The first-order valence-corrected chi connectivity index (χ1v) is 6.97. The van der Waals surface area contributed by atoms with Crippen molar-refractivity contribution < 1.29 is 18.8 Å². The van der Waals surface area contributed by atoms with Gasteiger partial charge in [0, 0.05) is 18.1 Å². The van der Waals surface area contributed by atoms with Gasteiger partial charge in [0.2, 0.25) is 5.89 Å². The van der Waals surface area contributed by atoms with Crippen LogP contribution < -0.4 is 4.74 Å². The van der Waals surface area contributed by atoms with Crippen molar-refractivity contribution in [3.05, 3.63) is 53.6 Å². The summed E-state index contributed by atoms with van der Waals surface area (Å²) in [6, 6.07) is 11.3. The first kappa shape index (κ1) is 14.3. The van der Waals surface area contributed by atoms with Crippen molar-refractivity contribution in [1.29, 1.82) is 0 Å². The van der Waals surface area contributed by atoms with Crippen LogP contribution in [-0.4, -0.2) is 21.9 Å². The Balaban J connectivity index is 1.62. The summed E-state index contributed by atoms with van der Waals surface area (Å²) < 4.78 is 16.0. The van der Waals surface area contributed by atoms with Gasteiger partial charge in [-0.05, 0) is 24.2 Å². The second kappa shape index (κ2) is 6.44. The monoisotopic (exact) mass is 300 g/mol. The highest BCUT2D eigenvalue weighted by molar-refractivity contribution is 5.53. The van der Waals surface area contributed by atoms with E-state index in [1.807, 2.05) is 37.3 Å². The maximum absolute atomic E-state index is 8.89. The molecule has 0 aliphatic rings. The lowest BCUT2D eigenvalue weighted by Crippen LogP contribution is -2.02. The number of aromatic nitrogens is 2. The van der Waals surface area contributed by atoms with Crippen molar-refractivity contribution in [2.24, 2.45) is 0 Å². The zero-order chi connectivity index (χ0) is 15.4. The molecule has 114 valence electrons. The molecular formula is C16H16N2O4. The standard InChI is InChI=1S/C16H16N2O4/c1-11-14(7-8-20-15-9-13(10-19)22-18-15)17-16(21-11)12-5-3-2-4-6-12/h2-6,9,19H,7-8,10H2,1H3. The summed E-state index contributed by atoms with van der Waals surface area (Å²) in [7, 11) is 0. The number of nitrogens with zero attached hydrogens (tertiary/aromatic N) is 2. The summed E-state index contributed by atoms with van der Waals surface area (Å²) in [5.41, 5.74) is 1.80. The Morgan fingerprint density at radius 3 is 2.77 bits per heavy atom. The number of hydrogen-bond donors (Lipinski definition) is 1. The molecule has 1 aromatic carbocycles. The molecule has 3 aromatic rings. The van der Waals surface area contributed by atoms with Gasteiger partial charge < -0.3 is 18.8 Å². The van der Waals surface area contributed by atoms with Crippen molar-refractivity contribution in [3.8, 4) is 17.3 Å².